The highest BCUT2D eigenvalue weighted by Crippen LogP contribution is 2.27. The largest absolute Gasteiger partial charge is 0.408 e. The van der Waals surface area contributed by atoms with Crippen molar-refractivity contribution in [3.63, 3.8) is 0 Å². The van der Waals surface area contributed by atoms with E-state index in [1.165, 1.54) is 0 Å². The quantitative estimate of drug-likeness (QED) is 0.267. The lowest BCUT2D eigenvalue weighted by atomic mass is 10.0. The summed E-state index contributed by atoms with van der Waals surface area (Å²) in [5.41, 5.74) is 0.618. The zero-order chi connectivity index (χ0) is 18.2. The van der Waals surface area contributed by atoms with E-state index in [1.54, 1.807) is 18.2 Å². The molecule has 1 aromatic heterocycles. The molecule has 9 heteroatoms. The minimum atomic E-state index is -0.243. The van der Waals surface area contributed by atoms with Crippen molar-refractivity contribution in [2.75, 3.05) is 11.9 Å². The number of hydrogen-bond donors (Lipinski definition) is 2. The molecule has 0 aliphatic carbocycles. The summed E-state index contributed by atoms with van der Waals surface area (Å²) < 4.78 is 5.63. The summed E-state index contributed by atoms with van der Waals surface area (Å²) in [6, 6.07) is 5.16. The molecule has 0 saturated heterocycles. The lowest BCUT2D eigenvalue weighted by Crippen LogP contribution is -2.24. The van der Waals surface area contributed by atoms with Gasteiger partial charge in [-0.3, -0.25) is 10.0 Å². The zero-order valence-electron chi connectivity index (χ0n) is 13.8. The third-order valence-electron chi connectivity index (χ3n) is 3.59. The van der Waals surface area contributed by atoms with Crippen LogP contribution in [0.15, 0.2) is 22.6 Å². The fraction of sp³-hybridized carbons (Fsp3) is 0.438. The Morgan fingerprint density at radius 2 is 2.00 bits per heavy atom. The van der Waals surface area contributed by atoms with Gasteiger partial charge in [0.2, 0.25) is 12.3 Å². The van der Waals surface area contributed by atoms with E-state index >= 15 is 0 Å². The summed E-state index contributed by atoms with van der Waals surface area (Å²) in [5, 5.41) is 21.9. The highest BCUT2D eigenvalue weighted by atomic mass is 35.5. The number of nitrogens with one attached hydrogen (secondary N) is 1. The first kappa shape index (κ1) is 19.5. The molecule has 0 radical (unpaired) electrons. The second-order valence-corrected chi connectivity index (χ2v) is 6.52. The van der Waals surface area contributed by atoms with Gasteiger partial charge in [0, 0.05) is 15.7 Å². The van der Waals surface area contributed by atoms with Crippen LogP contribution in [0.3, 0.4) is 0 Å². The SMILES string of the molecule is CCCCC[C@H](CN(O)C=O)c1nnc(Nc2cc(Cl)cc(Cl)c2)o1. The molecular weight excluding hydrogens is 367 g/mol. The maximum absolute atomic E-state index is 10.7. The average molecular weight is 387 g/mol. The van der Waals surface area contributed by atoms with Crippen LogP contribution in [0.1, 0.15) is 44.4 Å². The van der Waals surface area contributed by atoms with Gasteiger partial charge < -0.3 is 9.73 Å². The van der Waals surface area contributed by atoms with Crippen molar-refractivity contribution in [3.8, 4) is 0 Å². The molecular formula is C16H20Cl2N4O3. The van der Waals surface area contributed by atoms with E-state index in [9.17, 15) is 10.0 Å². The summed E-state index contributed by atoms with van der Waals surface area (Å²) in [5.74, 6) is 0.111. The number of aromatic nitrogens is 2. The summed E-state index contributed by atoms with van der Waals surface area (Å²) >= 11 is 11.9. The smallest absolute Gasteiger partial charge is 0.320 e. The first-order chi connectivity index (χ1) is 12.0. The van der Waals surface area contributed by atoms with Crippen LogP contribution in [0.5, 0.6) is 0 Å². The Hall–Kier alpha value is -1.83. The number of hydroxylamine groups is 2. The number of carbonyl (C=O) groups excluding carboxylic acids is 1. The molecule has 2 rings (SSSR count). The zero-order valence-corrected chi connectivity index (χ0v) is 15.3. The topological polar surface area (TPSA) is 91.5 Å². The maximum atomic E-state index is 10.7. The molecule has 1 amide bonds. The van der Waals surface area contributed by atoms with E-state index in [2.05, 4.69) is 22.4 Å². The van der Waals surface area contributed by atoms with Gasteiger partial charge in [-0.2, -0.15) is 0 Å². The van der Waals surface area contributed by atoms with Crippen molar-refractivity contribution in [2.45, 2.75) is 38.5 Å². The summed E-state index contributed by atoms with van der Waals surface area (Å²) in [4.78, 5) is 10.7. The lowest BCUT2D eigenvalue weighted by Gasteiger charge is -2.16. The van der Waals surface area contributed by atoms with Crippen LogP contribution >= 0.6 is 23.2 Å². The van der Waals surface area contributed by atoms with Gasteiger partial charge in [-0.05, 0) is 24.6 Å². The normalized spacial score (nSPS) is 12.0. The van der Waals surface area contributed by atoms with Crippen LogP contribution in [0, 0.1) is 0 Å². The van der Waals surface area contributed by atoms with Gasteiger partial charge in [0.15, 0.2) is 0 Å². The van der Waals surface area contributed by atoms with Gasteiger partial charge in [0.1, 0.15) is 0 Å². The Bertz CT molecular complexity index is 676. The van der Waals surface area contributed by atoms with Crippen LogP contribution in [0.4, 0.5) is 11.7 Å². The third-order valence-corrected chi connectivity index (χ3v) is 4.03. The number of hydrogen-bond acceptors (Lipinski definition) is 6. The fourth-order valence-electron chi connectivity index (χ4n) is 2.40. The maximum Gasteiger partial charge on any atom is 0.320 e. The molecule has 0 bridgehead atoms. The van der Waals surface area contributed by atoms with Crippen molar-refractivity contribution in [2.24, 2.45) is 0 Å². The van der Waals surface area contributed by atoms with Crippen molar-refractivity contribution in [3.05, 3.63) is 34.1 Å². The molecule has 136 valence electrons. The van der Waals surface area contributed by atoms with Gasteiger partial charge in [0.05, 0.1) is 12.5 Å². The van der Waals surface area contributed by atoms with Gasteiger partial charge in [0.25, 0.3) is 0 Å². The van der Waals surface area contributed by atoms with E-state index in [0.717, 1.165) is 25.7 Å². The van der Waals surface area contributed by atoms with Gasteiger partial charge in [-0.1, -0.05) is 54.5 Å². The van der Waals surface area contributed by atoms with E-state index in [4.69, 9.17) is 27.6 Å². The Labute approximate surface area is 155 Å². The predicted molar refractivity (Wildman–Crippen MR) is 95.5 cm³/mol. The highest BCUT2D eigenvalue weighted by molar-refractivity contribution is 6.35. The van der Waals surface area contributed by atoms with E-state index in [1.807, 2.05) is 0 Å². The van der Waals surface area contributed by atoms with E-state index in [-0.39, 0.29) is 18.5 Å². The molecule has 0 fully saturated rings. The number of halogens is 2. The molecule has 0 saturated carbocycles. The standard InChI is InChI=1S/C16H20Cl2N4O3/c1-2-3-4-5-11(9-22(24)10-23)15-20-21-16(25-15)19-14-7-12(17)6-13(18)8-14/h6-8,10-11,24H,2-5,9H2,1H3,(H,19,21)/t11-/m1/s1. The Kier molecular flexibility index (Phi) is 7.49. The van der Waals surface area contributed by atoms with Gasteiger partial charge >= 0.3 is 6.01 Å². The van der Waals surface area contributed by atoms with Crippen molar-refractivity contribution >= 4 is 41.3 Å². The Morgan fingerprint density at radius 1 is 1.28 bits per heavy atom. The van der Waals surface area contributed by atoms with Gasteiger partial charge in [-0.25, -0.2) is 5.06 Å². The number of rotatable bonds is 10. The summed E-state index contributed by atoms with van der Waals surface area (Å²) in [7, 11) is 0. The van der Waals surface area contributed by atoms with Crippen LogP contribution in [0.2, 0.25) is 10.0 Å². The van der Waals surface area contributed by atoms with Crippen molar-refractivity contribution < 1.29 is 14.4 Å². The average Bonchev–Trinajstić information content (AvgIpc) is 3.01. The van der Waals surface area contributed by atoms with Gasteiger partial charge in [-0.15, -0.1) is 5.10 Å². The Morgan fingerprint density at radius 3 is 2.64 bits per heavy atom. The monoisotopic (exact) mass is 386 g/mol. The molecule has 1 atom stereocenters. The number of anilines is 2. The molecule has 2 N–H and O–H groups in total. The number of benzene rings is 1. The second-order valence-electron chi connectivity index (χ2n) is 5.65. The third kappa shape index (κ3) is 6.19. The number of nitrogens with zero attached hydrogens (tertiary/aromatic N) is 3. The van der Waals surface area contributed by atoms with E-state index < -0.39 is 0 Å². The molecule has 1 heterocycles. The molecule has 1 aromatic carbocycles. The molecule has 0 unspecified atom stereocenters. The number of amides is 1. The highest BCUT2D eigenvalue weighted by Gasteiger charge is 2.21. The molecule has 0 aliphatic rings. The molecule has 7 nitrogen and oxygen atoms in total. The molecule has 25 heavy (non-hydrogen) atoms. The van der Waals surface area contributed by atoms with Crippen LogP contribution in [-0.2, 0) is 4.79 Å². The predicted octanol–water partition coefficient (Wildman–Crippen LogP) is 4.63. The lowest BCUT2D eigenvalue weighted by molar-refractivity contribution is -0.151. The van der Waals surface area contributed by atoms with Crippen molar-refractivity contribution in [1.29, 1.82) is 0 Å². The number of carbonyl (C=O) groups is 1. The number of unbranched alkanes of at least 4 members (excludes halogenated alkanes) is 2. The second kappa shape index (κ2) is 9.60. The summed E-state index contributed by atoms with van der Waals surface area (Å²) in [6.07, 6.45) is 4.13. The molecule has 2 aromatic rings. The van der Waals surface area contributed by atoms with E-state index in [0.29, 0.717) is 33.1 Å². The first-order valence-electron chi connectivity index (χ1n) is 7.99. The van der Waals surface area contributed by atoms with Crippen LogP contribution in [-0.4, -0.2) is 33.4 Å². The molecule has 0 aliphatic heterocycles. The molecule has 0 spiro atoms. The van der Waals surface area contributed by atoms with Crippen molar-refractivity contribution in [1.82, 2.24) is 15.3 Å². The first-order valence-corrected chi connectivity index (χ1v) is 8.74. The van der Waals surface area contributed by atoms with Crippen LogP contribution < -0.4 is 5.32 Å². The van der Waals surface area contributed by atoms with Crippen LogP contribution in [0.25, 0.3) is 0 Å². The Balaban J connectivity index is 2.10. The summed E-state index contributed by atoms with van der Waals surface area (Å²) in [6.45, 7) is 2.20. The fourth-order valence-corrected chi connectivity index (χ4v) is 2.93. The minimum absolute atomic E-state index is 0.0951. The minimum Gasteiger partial charge on any atom is -0.408 e.